The van der Waals surface area contributed by atoms with Crippen LogP contribution in [-0.4, -0.2) is 66.3 Å². The van der Waals surface area contributed by atoms with E-state index in [2.05, 4.69) is 51.5 Å². The first-order chi connectivity index (χ1) is 9.17. The largest absolute Gasteiger partial charge is 0.368 e. The van der Waals surface area contributed by atoms with Gasteiger partial charge in [-0.15, -0.1) is 0 Å². The number of nitrogens with zero attached hydrogens (tertiary/aromatic N) is 2. The van der Waals surface area contributed by atoms with Crippen molar-refractivity contribution in [3.05, 3.63) is 0 Å². The summed E-state index contributed by atoms with van der Waals surface area (Å²) in [4.78, 5) is 5.07. The van der Waals surface area contributed by atoms with E-state index in [4.69, 9.17) is 10.5 Å². The van der Waals surface area contributed by atoms with Crippen molar-refractivity contribution >= 4 is 0 Å². The first-order valence-electron chi connectivity index (χ1n) is 8.05. The van der Waals surface area contributed by atoms with E-state index in [0.717, 1.165) is 26.2 Å². The SMILES string of the molecule is CCC1CN(CC2C(N)C(C)(C)OC2(C)C)CCN1C. The maximum absolute atomic E-state index is 6.48. The number of likely N-dealkylation sites (N-methyl/N-ethyl adjacent to an activating group) is 1. The highest BCUT2D eigenvalue weighted by atomic mass is 16.5. The number of hydrogen-bond donors (Lipinski definition) is 1. The van der Waals surface area contributed by atoms with Gasteiger partial charge in [-0.05, 0) is 41.2 Å². The molecule has 20 heavy (non-hydrogen) atoms. The van der Waals surface area contributed by atoms with Crippen LogP contribution in [0.25, 0.3) is 0 Å². The Hall–Kier alpha value is -0.160. The molecule has 0 aromatic carbocycles. The molecule has 4 nitrogen and oxygen atoms in total. The lowest BCUT2D eigenvalue weighted by Gasteiger charge is -2.42. The van der Waals surface area contributed by atoms with Gasteiger partial charge in [0.05, 0.1) is 11.2 Å². The molecular weight excluding hydrogens is 250 g/mol. The van der Waals surface area contributed by atoms with Gasteiger partial charge in [0, 0.05) is 44.2 Å². The fraction of sp³-hybridized carbons (Fsp3) is 1.00. The van der Waals surface area contributed by atoms with Gasteiger partial charge >= 0.3 is 0 Å². The maximum atomic E-state index is 6.48. The summed E-state index contributed by atoms with van der Waals surface area (Å²) in [6, 6.07) is 0.788. The van der Waals surface area contributed by atoms with E-state index in [9.17, 15) is 0 Å². The van der Waals surface area contributed by atoms with Crippen molar-refractivity contribution in [2.24, 2.45) is 11.7 Å². The molecule has 2 saturated heterocycles. The van der Waals surface area contributed by atoms with Crippen LogP contribution >= 0.6 is 0 Å². The van der Waals surface area contributed by atoms with Crippen LogP contribution in [0.3, 0.4) is 0 Å². The number of nitrogens with two attached hydrogens (primary N) is 1. The molecule has 0 aromatic heterocycles. The first kappa shape index (κ1) is 16.2. The third kappa shape index (κ3) is 3.03. The molecule has 0 saturated carbocycles. The minimum Gasteiger partial charge on any atom is -0.368 e. The van der Waals surface area contributed by atoms with Crippen molar-refractivity contribution in [3.8, 4) is 0 Å². The smallest absolute Gasteiger partial charge is 0.0788 e. The third-order valence-electron chi connectivity index (χ3n) is 5.44. The van der Waals surface area contributed by atoms with E-state index in [1.165, 1.54) is 6.42 Å². The molecule has 2 fully saturated rings. The van der Waals surface area contributed by atoms with Crippen LogP contribution in [0.15, 0.2) is 0 Å². The van der Waals surface area contributed by atoms with Gasteiger partial charge in [0.1, 0.15) is 0 Å². The molecule has 2 heterocycles. The number of piperazine rings is 1. The summed E-state index contributed by atoms with van der Waals surface area (Å²) in [6.07, 6.45) is 1.22. The number of rotatable bonds is 3. The van der Waals surface area contributed by atoms with E-state index >= 15 is 0 Å². The highest BCUT2D eigenvalue weighted by Crippen LogP contribution is 2.41. The molecule has 2 rings (SSSR count). The standard InChI is InChI=1S/C16H33N3O/c1-7-12-10-19(9-8-18(12)6)11-13-14(17)16(4,5)20-15(13,2)3/h12-14H,7-11,17H2,1-6H3. The van der Waals surface area contributed by atoms with Crippen LogP contribution in [0.2, 0.25) is 0 Å². The molecule has 0 aromatic rings. The van der Waals surface area contributed by atoms with Crippen LogP contribution in [0, 0.1) is 5.92 Å². The monoisotopic (exact) mass is 283 g/mol. The molecule has 0 bridgehead atoms. The molecule has 4 heteroatoms. The first-order valence-corrected chi connectivity index (χ1v) is 8.05. The zero-order valence-corrected chi connectivity index (χ0v) is 14.1. The van der Waals surface area contributed by atoms with Crippen molar-refractivity contribution in [2.45, 2.75) is 64.3 Å². The topological polar surface area (TPSA) is 41.7 Å². The molecule has 0 radical (unpaired) electrons. The Balaban J connectivity index is 2.02. The average molecular weight is 283 g/mol. The zero-order chi connectivity index (χ0) is 15.1. The Morgan fingerprint density at radius 1 is 1.15 bits per heavy atom. The summed E-state index contributed by atoms with van der Waals surface area (Å²) in [7, 11) is 2.24. The molecule has 0 amide bonds. The Labute approximate surface area is 124 Å². The lowest BCUT2D eigenvalue weighted by atomic mass is 9.82. The molecule has 2 N–H and O–H groups in total. The van der Waals surface area contributed by atoms with E-state index in [0.29, 0.717) is 12.0 Å². The molecule has 118 valence electrons. The fourth-order valence-corrected chi connectivity index (χ4v) is 3.97. The molecule has 0 spiro atoms. The van der Waals surface area contributed by atoms with E-state index < -0.39 is 0 Å². The second-order valence-electron chi connectivity index (χ2n) is 7.74. The molecule has 0 aliphatic carbocycles. The summed E-state index contributed by atoms with van der Waals surface area (Å²) in [5.74, 6) is 0.401. The fourth-order valence-electron chi connectivity index (χ4n) is 3.97. The molecule has 3 unspecified atom stereocenters. The summed E-state index contributed by atoms with van der Waals surface area (Å²) in [5, 5.41) is 0. The number of ether oxygens (including phenoxy) is 1. The van der Waals surface area contributed by atoms with Gasteiger partial charge in [0.15, 0.2) is 0 Å². The van der Waals surface area contributed by atoms with Crippen LogP contribution in [-0.2, 0) is 4.74 Å². The predicted octanol–water partition coefficient (Wildman–Crippen LogP) is 1.54. The number of hydrogen-bond acceptors (Lipinski definition) is 4. The van der Waals surface area contributed by atoms with Crippen molar-refractivity contribution in [1.82, 2.24) is 9.80 Å². The Morgan fingerprint density at radius 3 is 2.30 bits per heavy atom. The van der Waals surface area contributed by atoms with Gasteiger partial charge in [-0.25, -0.2) is 0 Å². The minimum atomic E-state index is -0.217. The molecule has 3 atom stereocenters. The van der Waals surface area contributed by atoms with Gasteiger partial charge in [0.25, 0.3) is 0 Å². The van der Waals surface area contributed by atoms with Gasteiger partial charge in [-0.2, -0.15) is 0 Å². The van der Waals surface area contributed by atoms with Gasteiger partial charge in [-0.3, -0.25) is 0 Å². The van der Waals surface area contributed by atoms with Gasteiger partial charge in [-0.1, -0.05) is 6.92 Å². The molecule has 2 aliphatic heterocycles. The van der Waals surface area contributed by atoms with E-state index in [-0.39, 0.29) is 17.2 Å². The van der Waals surface area contributed by atoms with Crippen LogP contribution < -0.4 is 5.73 Å². The predicted molar refractivity (Wildman–Crippen MR) is 83.9 cm³/mol. The summed E-state index contributed by atoms with van der Waals surface area (Å²) in [6.45, 7) is 15.4. The Bertz CT molecular complexity index is 343. The van der Waals surface area contributed by atoms with Gasteiger partial charge < -0.3 is 20.3 Å². The Morgan fingerprint density at radius 2 is 1.80 bits per heavy atom. The van der Waals surface area contributed by atoms with Crippen molar-refractivity contribution in [3.63, 3.8) is 0 Å². The maximum Gasteiger partial charge on any atom is 0.0788 e. The van der Waals surface area contributed by atoms with E-state index in [1.807, 2.05) is 0 Å². The van der Waals surface area contributed by atoms with Gasteiger partial charge in [0.2, 0.25) is 0 Å². The van der Waals surface area contributed by atoms with Crippen molar-refractivity contribution in [1.29, 1.82) is 0 Å². The van der Waals surface area contributed by atoms with Crippen molar-refractivity contribution < 1.29 is 4.74 Å². The summed E-state index contributed by atoms with van der Waals surface area (Å²) < 4.78 is 6.21. The van der Waals surface area contributed by atoms with Crippen LogP contribution in [0.1, 0.15) is 41.0 Å². The summed E-state index contributed by atoms with van der Waals surface area (Å²) >= 11 is 0. The lowest BCUT2D eigenvalue weighted by molar-refractivity contribution is -0.0795. The van der Waals surface area contributed by atoms with Crippen LogP contribution in [0.4, 0.5) is 0 Å². The van der Waals surface area contributed by atoms with Crippen molar-refractivity contribution in [2.75, 3.05) is 33.2 Å². The minimum absolute atomic E-state index is 0.109. The zero-order valence-electron chi connectivity index (χ0n) is 14.1. The van der Waals surface area contributed by atoms with E-state index in [1.54, 1.807) is 0 Å². The quantitative estimate of drug-likeness (QED) is 0.853. The highest BCUT2D eigenvalue weighted by Gasteiger charge is 2.52. The second-order valence-corrected chi connectivity index (χ2v) is 7.74. The lowest BCUT2D eigenvalue weighted by Crippen LogP contribution is -2.55. The summed E-state index contributed by atoms with van der Waals surface area (Å²) in [5.41, 5.74) is 6.13. The van der Waals surface area contributed by atoms with Crippen LogP contribution in [0.5, 0.6) is 0 Å². The Kier molecular flexibility index (Phi) is 4.51. The molecular formula is C16H33N3O. The highest BCUT2D eigenvalue weighted by molar-refractivity contribution is 5.05. The normalized spacial score (nSPS) is 38.2. The second kappa shape index (κ2) is 5.56. The average Bonchev–Trinajstić information content (AvgIpc) is 2.49. The molecule has 2 aliphatic rings. The third-order valence-corrected chi connectivity index (χ3v) is 5.44.